The average Bonchev–Trinajstić information content (AvgIpc) is 3.12. The molecule has 1 aliphatic rings. The molecule has 1 aliphatic carbocycles. The fourth-order valence-corrected chi connectivity index (χ4v) is 2.99. The first kappa shape index (κ1) is 13.0. The summed E-state index contributed by atoms with van der Waals surface area (Å²) in [5, 5.41) is -0.410. The number of carbonyl (C=O) groups is 1. The van der Waals surface area contributed by atoms with Gasteiger partial charge in [-0.3, -0.25) is 9.78 Å². The molecule has 1 aromatic heterocycles. The SMILES string of the molecule is CC(C)c1cccnc1C(=O)NS(=O)(=O)C1CC1. The predicted molar refractivity (Wildman–Crippen MR) is 67.7 cm³/mol. The van der Waals surface area contributed by atoms with Crippen LogP contribution in [0.1, 0.15) is 48.7 Å². The van der Waals surface area contributed by atoms with Crippen LogP contribution in [0.25, 0.3) is 0 Å². The maximum Gasteiger partial charge on any atom is 0.283 e. The Balaban J connectivity index is 2.24. The zero-order valence-corrected chi connectivity index (χ0v) is 11.2. The Morgan fingerprint density at radius 3 is 2.67 bits per heavy atom. The van der Waals surface area contributed by atoms with Crippen LogP contribution in [0.3, 0.4) is 0 Å². The molecule has 0 bridgehead atoms. The van der Waals surface area contributed by atoms with Crippen molar-refractivity contribution < 1.29 is 13.2 Å². The number of aromatic nitrogens is 1. The van der Waals surface area contributed by atoms with Crippen molar-refractivity contribution in [2.45, 2.75) is 37.9 Å². The Morgan fingerprint density at radius 1 is 1.44 bits per heavy atom. The van der Waals surface area contributed by atoms with Crippen LogP contribution in [0.15, 0.2) is 18.3 Å². The van der Waals surface area contributed by atoms with Gasteiger partial charge in [-0.25, -0.2) is 13.1 Å². The largest absolute Gasteiger partial charge is 0.283 e. The van der Waals surface area contributed by atoms with Gasteiger partial charge in [0.05, 0.1) is 5.25 Å². The Labute approximate surface area is 107 Å². The Morgan fingerprint density at radius 2 is 2.11 bits per heavy atom. The topological polar surface area (TPSA) is 76.1 Å². The summed E-state index contributed by atoms with van der Waals surface area (Å²) < 4.78 is 25.5. The fraction of sp³-hybridized carbons (Fsp3) is 0.500. The number of nitrogens with zero attached hydrogens (tertiary/aromatic N) is 1. The molecule has 0 radical (unpaired) electrons. The second kappa shape index (κ2) is 4.68. The lowest BCUT2D eigenvalue weighted by Crippen LogP contribution is -2.34. The zero-order chi connectivity index (χ0) is 13.3. The standard InChI is InChI=1S/C12H16N2O3S/c1-8(2)10-4-3-7-13-11(10)12(15)14-18(16,17)9-5-6-9/h3-4,7-9H,5-6H2,1-2H3,(H,14,15). The van der Waals surface area contributed by atoms with Crippen molar-refractivity contribution in [3.8, 4) is 0 Å². The highest BCUT2D eigenvalue weighted by Crippen LogP contribution is 2.27. The van der Waals surface area contributed by atoms with Gasteiger partial charge in [-0.15, -0.1) is 0 Å². The van der Waals surface area contributed by atoms with E-state index in [0.29, 0.717) is 12.8 Å². The van der Waals surface area contributed by atoms with E-state index in [9.17, 15) is 13.2 Å². The van der Waals surface area contributed by atoms with Crippen molar-refractivity contribution in [2.24, 2.45) is 0 Å². The molecule has 1 heterocycles. The van der Waals surface area contributed by atoms with E-state index in [1.807, 2.05) is 13.8 Å². The van der Waals surface area contributed by atoms with Gasteiger partial charge < -0.3 is 0 Å². The molecule has 2 rings (SSSR count). The van der Waals surface area contributed by atoms with E-state index in [4.69, 9.17) is 0 Å². The van der Waals surface area contributed by atoms with Gasteiger partial charge in [0, 0.05) is 6.20 Å². The van der Waals surface area contributed by atoms with Gasteiger partial charge in [-0.2, -0.15) is 0 Å². The highest BCUT2D eigenvalue weighted by Gasteiger charge is 2.37. The summed E-state index contributed by atoms with van der Waals surface area (Å²) >= 11 is 0. The molecule has 98 valence electrons. The van der Waals surface area contributed by atoms with E-state index in [1.54, 1.807) is 12.1 Å². The molecule has 1 aromatic rings. The number of nitrogens with one attached hydrogen (secondary N) is 1. The zero-order valence-electron chi connectivity index (χ0n) is 10.4. The second-order valence-electron chi connectivity index (χ2n) is 4.77. The third-order valence-corrected chi connectivity index (χ3v) is 4.69. The van der Waals surface area contributed by atoms with Gasteiger partial charge in [0.2, 0.25) is 10.0 Å². The number of pyridine rings is 1. The van der Waals surface area contributed by atoms with Crippen molar-refractivity contribution in [3.63, 3.8) is 0 Å². The first-order chi connectivity index (χ1) is 8.42. The fourth-order valence-electron chi connectivity index (χ4n) is 1.71. The first-order valence-electron chi connectivity index (χ1n) is 5.92. The minimum Gasteiger partial charge on any atom is -0.266 e. The van der Waals surface area contributed by atoms with Gasteiger partial charge in [0.25, 0.3) is 5.91 Å². The molecule has 0 unspecified atom stereocenters. The van der Waals surface area contributed by atoms with E-state index in [1.165, 1.54) is 6.20 Å². The number of amides is 1. The number of hydrogen-bond acceptors (Lipinski definition) is 4. The van der Waals surface area contributed by atoms with E-state index in [-0.39, 0.29) is 11.6 Å². The normalized spacial score (nSPS) is 15.7. The quantitative estimate of drug-likeness (QED) is 0.896. The minimum atomic E-state index is -3.52. The lowest BCUT2D eigenvalue weighted by Gasteiger charge is -2.11. The predicted octanol–water partition coefficient (Wildman–Crippen LogP) is 1.43. The molecule has 1 amide bonds. The molecule has 0 aromatic carbocycles. The van der Waals surface area contributed by atoms with Crippen LogP contribution in [0.4, 0.5) is 0 Å². The highest BCUT2D eigenvalue weighted by molar-refractivity contribution is 7.91. The Hall–Kier alpha value is -1.43. The number of rotatable bonds is 4. The molecule has 1 N–H and O–H groups in total. The molecular formula is C12H16N2O3S. The number of hydrogen-bond donors (Lipinski definition) is 1. The van der Waals surface area contributed by atoms with Gasteiger partial charge >= 0.3 is 0 Å². The highest BCUT2D eigenvalue weighted by atomic mass is 32.2. The molecule has 0 saturated heterocycles. The van der Waals surface area contributed by atoms with Crippen LogP contribution in [-0.2, 0) is 10.0 Å². The number of sulfonamides is 1. The summed E-state index contributed by atoms with van der Waals surface area (Å²) in [7, 11) is -3.52. The van der Waals surface area contributed by atoms with Gasteiger partial charge in [0.1, 0.15) is 5.69 Å². The molecule has 1 fully saturated rings. The number of carbonyl (C=O) groups excluding carboxylic acids is 1. The van der Waals surface area contributed by atoms with Crippen molar-refractivity contribution in [2.75, 3.05) is 0 Å². The van der Waals surface area contributed by atoms with Crippen molar-refractivity contribution >= 4 is 15.9 Å². The van der Waals surface area contributed by atoms with E-state index >= 15 is 0 Å². The van der Waals surface area contributed by atoms with Crippen LogP contribution in [-0.4, -0.2) is 24.6 Å². The van der Waals surface area contributed by atoms with Crippen LogP contribution >= 0.6 is 0 Å². The van der Waals surface area contributed by atoms with Crippen molar-refractivity contribution in [1.29, 1.82) is 0 Å². The summed E-state index contributed by atoms with van der Waals surface area (Å²) in [5.74, 6) is -0.519. The summed E-state index contributed by atoms with van der Waals surface area (Å²) in [6, 6.07) is 3.53. The molecule has 0 atom stereocenters. The maximum atomic E-state index is 12.0. The lowest BCUT2D eigenvalue weighted by atomic mass is 10.0. The summed E-state index contributed by atoms with van der Waals surface area (Å²) in [6.07, 6.45) is 2.74. The van der Waals surface area contributed by atoms with E-state index in [2.05, 4.69) is 9.71 Å². The van der Waals surface area contributed by atoms with E-state index in [0.717, 1.165) is 5.56 Å². The minimum absolute atomic E-state index is 0.114. The second-order valence-corrected chi connectivity index (χ2v) is 6.73. The van der Waals surface area contributed by atoms with Crippen LogP contribution in [0, 0.1) is 0 Å². The summed E-state index contributed by atoms with van der Waals surface area (Å²) in [6.45, 7) is 3.87. The van der Waals surface area contributed by atoms with Gasteiger partial charge in [-0.1, -0.05) is 19.9 Å². The maximum absolute atomic E-state index is 12.0. The molecule has 0 aliphatic heterocycles. The third kappa shape index (κ3) is 2.69. The molecule has 18 heavy (non-hydrogen) atoms. The van der Waals surface area contributed by atoms with E-state index < -0.39 is 21.2 Å². The molecule has 1 saturated carbocycles. The van der Waals surface area contributed by atoms with Crippen LogP contribution < -0.4 is 4.72 Å². The van der Waals surface area contributed by atoms with Gasteiger partial charge in [0.15, 0.2) is 0 Å². The summed E-state index contributed by atoms with van der Waals surface area (Å²) in [4.78, 5) is 16.0. The van der Waals surface area contributed by atoms with Gasteiger partial charge in [-0.05, 0) is 30.4 Å². The summed E-state index contributed by atoms with van der Waals surface area (Å²) in [5.41, 5.74) is 0.942. The lowest BCUT2D eigenvalue weighted by molar-refractivity contribution is 0.0975. The molecule has 0 spiro atoms. The Kier molecular flexibility index (Phi) is 3.38. The third-order valence-electron chi connectivity index (χ3n) is 2.87. The molecule has 6 heteroatoms. The monoisotopic (exact) mass is 268 g/mol. The smallest absolute Gasteiger partial charge is 0.266 e. The average molecular weight is 268 g/mol. The Bertz CT molecular complexity index is 562. The van der Waals surface area contributed by atoms with Crippen molar-refractivity contribution in [3.05, 3.63) is 29.6 Å². The first-order valence-corrected chi connectivity index (χ1v) is 7.47. The van der Waals surface area contributed by atoms with Crippen molar-refractivity contribution in [1.82, 2.24) is 9.71 Å². The molecule has 5 nitrogen and oxygen atoms in total. The van der Waals surface area contributed by atoms with Crippen LogP contribution in [0.5, 0.6) is 0 Å². The van der Waals surface area contributed by atoms with Crippen LogP contribution in [0.2, 0.25) is 0 Å². The molecular weight excluding hydrogens is 252 g/mol.